The van der Waals surface area contributed by atoms with Crippen LogP contribution in [-0.4, -0.2) is 39.8 Å². The lowest BCUT2D eigenvalue weighted by atomic mass is 9.81. The number of carbonyl (C=O) groups is 2. The molecule has 3 aliphatic rings. The summed E-state index contributed by atoms with van der Waals surface area (Å²) in [4.78, 5) is 43.4. The minimum atomic E-state index is -0.526. The van der Waals surface area contributed by atoms with Gasteiger partial charge < -0.3 is 25.0 Å². The van der Waals surface area contributed by atoms with E-state index >= 15 is 0 Å². The van der Waals surface area contributed by atoms with Gasteiger partial charge in [0.05, 0.1) is 47.6 Å². The van der Waals surface area contributed by atoms with Gasteiger partial charge in [-0.05, 0) is 54.5 Å². The number of esters is 1. The van der Waals surface area contributed by atoms with E-state index in [1.165, 1.54) is 6.07 Å². The first-order valence-corrected chi connectivity index (χ1v) is 12.6. The van der Waals surface area contributed by atoms with Gasteiger partial charge in [0.1, 0.15) is 12.4 Å². The fraction of sp³-hybridized carbons (Fsp3) is 0.407. The number of fused-ring (bicyclic) bond motifs is 5. The fourth-order valence-electron chi connectivity index (χ4n) is 6.10. The molecule has 2 unspecified atom stereocenters. The van der Waals surface area contributed by atoms with Crippen LogP contribution < -0.4 is 16.2 Å². The van der Waals surface area contributed by atoms with Crippen LogP contribution in [0.15, 0.2) is 16.9 Å². The summed E-state index contributed by atoms with van der Waals surface area (Å²) in [5.74, 6) is -1.22. The minimum Gasteiger partial charge on any atom is -0.460 e. The fourth-order valence-corrected chi connectivity index (χ4v) is 6.10. The molecule has 4 heterocycles. The second-order valence-corrected chi connectivity index (χ2v) is 9.85. The summed E-state index contributed by atoms with van der Waals surface area (Å²) < 4.78 is 21.9. The molecular weight excluding hydrogens is 479 g/mol. The number of hydrogen-bond donors (Lipinski definition) is 3. The number of pyridine rings is 2. The van der Waals surface area contributed by atoms with Crippen LogP contribution in [-0.2, 0) is 29.1 Å². The van der Waals surface area contributed by atoms with Crippen molar-refractivity contribution in [3.63, 3.8) is 0 Å². The number of amides is 2. The largest absolute Gasteiger partial charge is 0.460 e. The summed E-state index contributed by atoms with van der Waals surface area (Å²) in [6, 6.07) is 2.47. The Morgan fingerprint density at radius 3 is 2.84 bits per heavy atom. The summed E-state index contributed by atoms with van der Waals surface area (Å²) in [6.07, 6.45) is 1.62. The van der Waals surface area contributed by atoms with E-state index in [1.807, 2.05) is 13.0 Å². The second-order valence-electron chi connectivity index (χ2n) is 9.85. The Bertz CT molecular complexity index is 1560. The molecule has 0 saturated heterocycles. The van der Waals surface area contributed by atoms with Gasteiger partial charge in [-0.15, -0.1) is 0 Å². The summed E-state index contributed by atoms with van der Waals surface area (Å²) >= 11 is 0. The number of rotatable bonds is 4. The van der Waals surface area contributed by atoms with Crippen LogP contribution in [0.25, 0.3) is 22.3 Å². The number of aryl methyl sites for hydroxylation is 1. The van der Waals surface area contributed by atoms with Crippen LogP contribution in [0.4, 0.5) is 9.18 Å². The molecule has 0 fully saturated rings. The van der Waals surface area contributed by atoms with Gasteiger partial charge in [-0.25, -0.2) is 14.2 Å². The minimum absolute atomic E-state index is 0.0633. The van der Waals surface area contributed by atoms with E-state index < -0.39 is 11.9 Å². The molecule has 2 aliphatic heterocycles. The molecule has 1 aliphatic carbocycles. The molecule has 2 amide bonds. The van der Waals surface area contributed by atoms with Gasteiger partial charge in [-0.3, -0.25) is 9.59 Å². The van der Waals surface area contributed by atoms with E-state index in [2.05, 4.69) is 10.6 Å². The average molecular weight is 507 g/mol. The van der Waals surface area contributed by atoms with Gasteiger partial charge in [0.15, 0.2) is 0 Å². The van der Waals surface area contributed by atoms with E-state index in [4.69, 9.17) is 14.8 Å². The summed E-state index contributed by atoms with van der Waals surface area (Å²) in [5.41, 5.74) is 5.60. The molecule has 3 aromatic rings. The van der Waals surface area contributed by atoms with Crippen molar-refractivity contribution in [1.82, 2.24) is 20.2 Å². The molecule has 0 spiro atoms. The first-order valence-electron chi connectivity index (χ1n) is 12.6. The van der Waals surface area contributed by atoms with Crippen molar-refractivity contribution in [3.8, 4) is 11.4 Å². The molecule has 0 radical (unpaired) electrons. The molecule has 2 aromatic heterocycles. The standard InChI is InChI=1S/C27H27FN4O5/c1-3-13-15-8-21-24-16(10-32(21)25(34)17(15)11-37-26(13)35)23-19(31-27(36)29-6-7-33)5-4-14-12(2)18(28)9-20(30-24)22(14)23/h8-9,13,19,33H,3-7,10-11H2,1-2H3,(H2,29,31,36). The summed E-state index contributed by atoms with van der Waals surface area (Å²) in [7, 11) is 0. The Balaban J connectivity index is 1.58. The van der Waals surface area contributed by atoms with Crippen molar-refractivity contribution in [2.75, 3.05) is 13.2 Å². The SMILES string of the molecule is CCC1C(=O)OCc2c1cc1n(c2=O)Cc2c-1nc1cc(F)c(C)c3c1c2C(NC(=O)NCCO)CC3. The third-order valence-electron chi connectivity index (χ3n) is 7.90. The molecule has 6 rings (SSSR count). The quantitative estimate of drug-likeness (QED) is 0.366. The number of benzene rings is 1. The first-order chi connectivity index (χ1) is 17.8. The van der Waals surface area contributed by atoms with Gasteiger partial charge in [-0.1, -0.05) is 6.92 Å². The summed E-state index contributed by atoms with van der Waals surface area (Å²) in [6.45, 7) is 3.76. The van der Waals surface area contributed by atoms with Crippen LogP contribution >= 0.6 is 0 Å². The molecule has 3 N–H and O–H groups in total. The molecule has 37 heavy (non-hydrogen) atoms. The molecule has 9 nitrogen and oxygen atoms in total. The molecule has 2 atom stereocenters. The molecule has 0 bridgehead atoms. The monoisotopic (exact) mass is 506 g/mol. The van der Waals surface area contributed by atoms with Crippen molar-refractivity contribution in [3.05, 3.63) is 61.7 Å². The van der Waals surface area contributed by atoms with Gasteiger partial charge in [0.25, 0.3) is 5.56 Å². The Morgan fingerprint density at radius 1 is 1.27 bits per heavy atom. The number of urea groups is 1. The zero-order chi connectivity index (χ0) is 26.0. The molecule has 0 saturated carbocycles. The van der Waals surface area contributed by atoms with Crippen molar-refractivity contribution >= 4 is 22.9 Å². The Hall–Kier alpha value is -3.79. The van der Waals surface area contributed by atoms with Crippen molar-refractivity contribution < 1.29 is 23.8 Å². The highest BCUT2D eigenvalue weighted by Gasteiger charge is 2.37. The highest BCUT2D eigenvalue weighted by atomic mass is 19.1. The number of hydrogen-bond acceptors (Lipinski definition) is 6. The number of aliphatic hydroxyl groups excluding tert-OH is 1. The molecule has 192 valence electrons. The highest BCUT2D eigenvalue weighted by Crippen LogP contribution is 2.45. The number of ether oxygens (including phenoxy) is 1. The maximum Gasteiger partial charge on any atom is 0.315 e. The van der Waals surface area contributed by atoms with Crippen LogP contribution in [0.3, 0.4) is 0 Å². The Labute approximate surface area is 211 Å². The maximum absolute atomic E-state index is 14.9. The molecular formula is C27H27FN4O5. The van der Waals surface area contributed by atoms with Crippen LogP contribution in [0.1, 0.15) is 65.1 Å². The second kappa shape index (κ2) is 8.65. The topological polar surface area (TPSA) is 123 Å². The average Bonchev–Trinajstić information content (AvgIpc) is 3.25. The third kappa shape index (κ3) is 3.46. The lowest BCUT2D eigenvalue weighted by Crippen LogP contribution is -2.40. The zero-order valence-electron chi connectivity index (χ0n) is 20.6. The van der Waals surface area contributed by atoms with Crippen LogP contribution in [0.2, 0.25) is 0 Å². The smallest absolute Gasteiger partial charge is 0.315 e. The summed E-state index contributed by atoms with van der Waals surface area (Å²) in [5, 5.41) is 15.5. The van der Waals surface area contributed by atoms with E-state index in [1.54, 1.807) is 11.5 Å². The third-order valence-corrected chi connectivity index (χ3v) is 7.90. The predicted octanol–water partition coefficient (Wildman–Crippen LogP) is 2.70. The normalized spacial score (nSPS) is 19.2. The predicted molar refractivity (Wildman–Crippen MR) is 133 cm³/mol. The van der Waals surface area contributed by atoms with E-state index in [9.17, 15) is 18.8 Å². The first kappa shape index (κ1) is 23.6. The number of nitrogens with zero attached hydrogens (tertiary/aromatic N) is 2. The number of aliphatic hydroxyl groups is 1. The van der Waals surface area contributed by atoms with Gasteiger partial charge in [0.2, 0.25) is 0 Å². The Morgan fingerprint density at radius 2 is 2.08 bits per heavy atom. The molecule has 10 heteroatoms. The molecule has 1 aromatic carbocycles. The van der Waals surface area contributed by atoms with E-state index in [0.29, 0.717) is 52.9 Å². The number of cyclic esters (lactones) is 1. The van der Waals surface area contributed by atoms with Crippen molar-refractivity contribution in [2.45, 2.75) is 58.2 Å². The number of aromatic nitrogens is 2. The Kier molecular flexibility index (Phi) is 5.52. The van der Waals surface area contributed by atoms with Crippen molar-refractivity contribution in [2.24, 2.45) is 0 Å². The van der Waals surface area contributed by atoms with E-state index in [-0.39, 0.29) is 49.7 Å². The van der Waals surface area contributed by atoms with Crippen molar-refractivity contribution in [1.29, 1.82) is 0 Å². The van der Waals surface area contributed by atoms with Crippen LogP contribution in [0, 0.1) is 12.7 Å². The lowest BCUT2D eigenvalue weighted by molar-refractivity contribution is -0.148. The van der Waals surface area contributed by atoms with Gasteiger partial charge >= 0.3 is 12.0 Å². The van der Waals surface area contributed by atoms with Gasteiger partial charge in [-0.2, -0.15) is 0 Å². The highest BCUT2D eigenvalue weighted by molar-refractivity contribution is 5.93. The lowest BCUT2D eigenvalue weighted by Gasteiger charge is -2.29. The van der Waals surface area contributed by atoms with E-state index in [0.717, 1.165) is 22.1 Å². The zero-order valence-corrected chi connectivity index (χ0v) is 20.6. The van der Waals surface area contributed by atoms with Gasteiger partial charge in [0, 0.05) is 23.6 Å². The maximum atomic E-state index is 14.9. The van der Waals surface area contributed by atoms with Crippen LogP contribution in [0.5, 0.6) is 0 Å². The number of halogens is 1. The number of carbonyl (C=O) groups excluding carboxylic acids is 2. The number of nitrogens with one attached hydrogen (secondary N) is 2.